The molecule has 0 fully saturated rings. The lowest BCUT2D eigenvalue weighted by Crippen LogP contribution is -2.32. The van der Waals surface area contributed by atoms with Gasteiger partial charge in [-0.2, -0.15) is 0 Å². The molecular weight excluding hydrogens is 554 g/mol. The maximum absolute atomic E-state index is 12.6. The standard InChI is InChI=1S/C35H41N5O4/c1-3-44-32-7-5-4-6-30(32)22-40-35(43)28-14-12-27(13-15-28)20-39-34(42)19-26-10-8-25(9-11-26)18-24(2)37-23-31(41)29-16-17-33(36)38-21-29/h4-17,21,24,31,37,41H,3,18-20,22-23H2,1-2H3,(H2,36,38)(H,39,42)(H,40,43)/t24?,31-/m0/s1. The molecule has 3 aromatic carbocycles. The molecule has 44 heavy (non-hydrogen) atoms. The van der Waals surface area contributed by atoms with Crippen molar-refractivity contribution < 1.29 is 19.4 Å². The van der Waals surface area contributed by atoms with Crippen LogP contribution in [0.4, 0.5) is 5.82 Å². The summed E-state index contributed by atoms with van der Waals surface area (Å²) < 4.78 is 5.62. The molecule has 4 aromatic rings. The van der Waals surface area contributed by atoms with Gasteiger partial charge in [-0.1, -0.05) is 60.7 Å². The molecule has 1 unspecified atom stereocenters. The summed E-state index contributed by atoms with van der Waals surface area (Å²) >= 11 is 0. The molecule has 0 radical (unpaired) electrons. The van der Waals surface area contributed by atoms with E-state index in [0.29, 0.717) is 37.6 Å². The van der Waals surface area contributed by atoms with Crippen LogP contribution in [0.1, 0.15) is 58.1 Å². The second kappa shape index (κ2) is 16.2. The lowest BCUT2D eigenvalue weighted by Gasteiger charge is -2.17. The van der Waals surface area contributed by atoms with Gasteiger partial charge in [0.05, 0.1) is 19.1 Å². The van der Waals surface area contributed by atoms with Gasteiger partial charge in [-0.3, -0.25) is 9.59 Å². The number of para-hydroxylation sites is 1. The van der Waals surface area contributed by atoms with E-state index in [1.165, 1.54) is 0 Å². The summed E-state index contributed by atoms with van der Waals surface area (Å²) in [6.45, 7) is 5.71. The number of aromatic nitrogens is 1. The Morgan fingerprint density at radius 3 is 2.30 bits per heavy atom. The van der Waals surface area contributed by atoms with E-state index in [1.54, 1.807) is 30.5 Å². The number of ether oxygens (including phenoxy) is 1. The molecule has 0 spiro atoms. The maximum atomic E-state index is 12.6. The van der Waals surface area contributed by atoms with Crippen molar-refractivity contribution in [2.24, 2.45) is 0 Å². The molecule has 0 saturated carbocycles. The van der Waals surface area contributed by atoms with E-state index in [1.807, 2.05) is 67.6 Å². The van der Waals surface area contributed by atoms with Crippen molar-refractivity contribution in [1.29, 1.82) is 0 Å². The molecule has 0 aliphatic heterocycles. The zero-order valence-corrected chi connectivity index (χ0v) is 25.3. The number of rotatable bonds is 15. The molecule has 1 heterocycles. The van der Waals surface area contributed by atoms with E-state index in [9.17, 15) is 14.7 Å². The predicted molar refractivity (Wildman–Crippen MR) is 172 cm³/mol. The minimum Gasteiger partial charge on any atom is -0.494 e. The van der Waals surface area contributed by atoms with Gasteiger partial charge in [0, 0.05) is 48.6 Å². The van der Waals surface area contributed by atoms with Gasteiger partial charge in [-0.05, 0) is 61.2 Å². The highest BCUT2D eigenvalue weighted by atomic mass is 16.5. The summed E-state index contributed by atoms with van der Waals surface area (Å²) in [6, 6.07) is 26.5. The molecule has 2 atom stereocenters. The first-order chi connectivity index (χ1) is 21.3. The predicted octanol–water partition coefficient (Wildman–Crippen LogP) is 4.11. The van der Waals surface area contributed by atoms with Crippen molar-refractivity contribution in [1.82, 2.24) is 20.9 Å². The number of nitrogens with zero attached hydrogens (tertiary/aromatic N) is 1. The Kier molecular flexibility index (Phi) is 11.9. The molecule has 9 nitrogen and oxygen atoms in total. The van der Waals surface area contributed by atoms with Crippen LogP contribution < -0.4 is 26.4 Å². The first-order valence-electron chi connectivity index (χ1n) is 14.9. The van der Waals surface area contributed by atoms with E-state index in [4.69, 9.17) is 10.5 Å². The van der Waals surface area contributed by atoms with Crippen LogP contribution in [-0.4, -0.2) is 41.1 Å². The quantitative estimate of drug-likeness (QED) is 0.139. The van der Waals surface area contributed by atoms with Crippen molar-refractivity contribution in [3.63, 3.8) is 0 Å². The van der Waals surface area contributed by atoms with Gasteiger partial charge in [0.1, 0.15) is 11.6 Å². The Morgan fingerprint density at radius 2 is 1.59 bits per heavy atom. The number of anilines is 1. The second-order valence-electron chi connectivity index (χ2n) is 10.7. The molecule has 0 saturated heterocycles. The number of nitrogen functional groups attached to an aromatic ring is 1. The van der Waals surface area contributed by atoms with Gasteiger partial charge < -0.3 is 31.5 Å². The number of nitrogens with one attached hydrogen (secondary N) is 3. The minimum absolute atomic E-state index is 0.0753. The normalized spacial score (nSPS) is 12.2. The average molecular weight is 596 g/mol. The molecule has 230 valence electrons. The van der Waals surface area contributed by atoms with Crippen LogP contribution in [0, 0.1) is 0 Å². The third-order valence-corrected chi connectivity index (χ3v) is 7.20. The van der Waals surface area contributed by atoms with Gasteiger partial charge in [0.2, 0.25) is 5.91 Å². The van der Waals surface area contributed by atoms with Gasteiger partial charge in [-0.25, -0.2) is 4.98 Å². The number of hydrogen-bond donors (Lipinski definition) is 5. The van der Waals surface area contributed by atoms with Gasteiger partial charge in [0.25, 0.3) is 5.91 Å². The number of pyridine rings is 1. The molecule has 2 amide bonds. The third-order valence-electron chi connectivity index (χ3n) is 7.20. The molecule has 1 aromatic heterocycles. The second-order valence-corrected chi connectivity index (χ2v) is 10.7. The van der Waals surface area contributed by atoms with E-state index in [2.05, 4.69) is 27.9 Å². The van der Waals surface area contributed by atoms with Crippen molar-refractivity contribution >= 4 is 17.6 Å². The fraction of sp³-hybridized carbons (Fsp3) is 0.286. The largest absolute Gasteiger partial charge is 0.494 e. The number of aliphatic hydroxyl groups is 1. The number of carbonyl (C=O) groups is 2. The van der Waals surface area contributed by atoms with E-state index < -0.39 is 6.10 Å². The van der Waals surface area contributed by atoms with Crippen molar-refractivity contribution in [3.8, 4) is 5.75 Å². The molecule has 0 aliphatic carbocycles. The summed E-state index contributed by atoms with van der Waals surface area (Å²) in [5.74, 6) is 0.942. The van der Waals surface area contributed by atoms with E-state index in [0.717, 1.165) is 40.0 Å². The van der Waals surface area contributed by atoms with Crippen molar-refractivity contribution in [2.75, 3.05) is 18.9 Å². The van der Waals surface area contributed by atoms with Crippen molar-refractivity contribution in [2.45, 2.75) is 51.9 Å². The van der Waals surface area contributed by atoms with E-state index in [-0.39, 0.29) is 24.3 Å². The SMILES string of the molecule is CCOc1ccccc1CNC(=O)c1ccc(CNC(=O)Cc2ccc(CC(C)NC[C@H](O)c3ccc(N)nc3)cc2)cc1. The Hall–Kier alpha value is -4.73. The maximum Gasteiger partial charge on any atom is 0.251 e. The average Bonchev–Trinajstić information content (AvgIpc) is 3.04. The van der Waals surface area contributed by atoms with Crippen LogP contribution in [0.25, 0.3) is 0 Å². The van der Waals surface area contributed by atoms with Crippen LogP contribution in [0.3, 0.4) is 0 Å². The Morgan fingerprint density at radius 1 is 0.886 bits per heavy atom. The first kappa shape index (κ1) is 32.2. The van der Waals surface area contributed by atoms with Crippen LogP contribution in [0.15, 0.2) is 91.1 Å². The first-order valence-corrected chi connectivity index (χ1v) is 14.9. The minimum atomic E-state index is -0.663. The molecular formula is C35H41N5O4. The van der Waals surface area contributed by atoms with Crippen LogP contribution in [0.5, 0.6) is 5.75 Å². The number of hydrogen-bond acceptors (Lipinski definition) is 7. The van der Waals surface area contributed by atoms with Crippen molar-refractivity contribution in [3.05, 3.63) is 125 Å². The molecule has 0 bridgehead atoms. The number of amides is 2. The summed E-state index contributed by atoms with van der Waals surface area (Å²) in [7, 11) is 0. The molecule has 0 aliphatic rings. The van der Waals surface area contributed by atoms with Gasteiger partial charge in [0.15, 0.2) is 0 Å². The number of benzene rings is 3. The fourth-order valence-electron chi connectivity index (χ4n) is 4.71. The van der Waals surface area contributed by atoms with Crippen LogP contribution in [0.2, 0.25) is 0 Å². The Labute approximate surface area is 258 Å². The third kappa shape index (κ3) is 9.93. The Balaban J connectivity index is 1.17. The zero-order valence-electron chi connectivity index (χ0n) is 25.3. The van der Waals surface area contributed by atoms with Crippen LogP contribution >= 0.6 is 0 Å². The fourth-order valence-corrected chi connectivity index (χ4v) is 4.71. The Bertz CT molecular complexity index is 1490. The zero-order chi connectivity index (χ0) is 31.3. The number of carbonyl (C=O) groups excluding carboxylic acids is 2. The molecule has 9 heteroatoms. The lowest BCUT2D eigenvalue weighted by molar-refractivity contribution is -0.120. The lowest BCUT2D eigenvalue weighted by atomic mass is 10.0. The topological polar surface area (TPSA) is 139 Å². The summed E-state index contributed by atoms with van der Waals surface area (Å²) in [5.41, 5.74) is 10.8. The van der Waals surface area contributed by atoms with Gasteiger partial charge in [-0.15, -0.1) is 0 Å². The summed E-state index contributed by atoms with van der Waals surface area (Å²) in [5, 5.41) is 19.6. The summed E-state index contributed by atoms with van der Waals surface area (Å²) in [4.78, 5) is 29.2. The smallest absolute Gasteiger partial charge is 0.251 e. The number of nitrogens with two attached hydrogens (primary N) is 1. The highest BCUT2D eigenvalue weighted by Crippen LogP contribution is 2.18. The van der Waals surface area contributed by atoms with Gasteiger partial charge >= 0.3 is 0 Å². The molecule has 4 rings (SSSR count). The van der Waals surface area contributed by atoms with E-state index >= 15 is 0 Å². The highest BCUT2D eigenvalue weighted by molar-refractivity contribution is 5.94. The van der Waals surface area contributed by atoms with Crippen LogP contribution in [-0.2, 0) is 30.7 Å². The molecule has 6 N–H and O–H groups in total. The number of aliphatic hydroxyl groups excluding tert-OH is 1. The summed E-state index contributed by atoms with van der Waals surface area (Å²) in [6.07, 6.45) is 1.99. The highest BCUT2D eigenvalue weighted by Gasteiger charge is 2.12. The monoisotopic (exact) mass is 595 g/mol.